The SMILES string of the molecule is COCCN(C)CCCNC(=O)c1cc(Cl)nc(Cl)c1. The number of aromatic nitrogens is 1. The van der Waals surface area contributed by atoms with Crippen LogP contribution in [-0.4, -0.2) is 56.2 Å². The van der Waals surface area contributed by atoms with Gasteiger partial charge in [-0.1, -0.05) is 23.2 Å². The molecule has 0 radical (unpaired) electrons. The zero-order valence-corrected chi connectivity index (χ0v) is 13.2. The van der Waals surface area contributed by atoms with Crippen molar-refractivity contribution in [2.24, 2.45) is 0 Å². The summed E-state index contributed by atoms with van der Waals surface area (Å²) >= 11 is 11.5. The summed E-state index contributed by atoms with van der Waals surface area (Å²) < 4.78 is 4.99. The van der Waals surface area contributed by atoms with Gasteiger partial charge in [0, 0.05) is 25.8 Å². The average molecular weight is 320 g/mol. The van der Waals surface area contributed by atoms with Gasteiger partial charge in [-0.3, -0.25) is 4.79 Å². The summed E-state index contributed by atoms with van der Waals surface area (Å²) in [5.41, 5.74) is 0.419. The van der Waals surface area contributed by atoms with Gasteiger partial charge in [-0.05, 0) is 32.1 Å². The monoisotopic (exact) mass is 319 g/mol. The molecular formula is C13H19Cl2N3O2. The molecule has 1 heterocycles. The number of pyridine rings is 1. The highest BCUT2D eigenvalue weighted by molar-refractivity contribution is 6.33. The van der Waals surface area contributed by atoms with E-state index >= 15 is 0 Å². The predicted molar refractivity (Wildman–Crippen MR) is 80.6 cm³/mol. The minimum absolute atomic E-state index is 0.198. The Balaban J connectivity index is 2.29. The molecule has 1 N–H and O–H groups in total. The predicted octanol–water partition coefficient (Wildman–Crippen LogP) is 2.09. The van der Waals surface area contributed by atoms with Crippen molar-refractivity contribution in [2.45, 2.75) is 6.42 Å². The van der Waals surface area contributed by atoms with Gasteiger partial charge in [0.2, 0.25) is 0 Å². The maximum absolute atomic E-state index is 11.9. The molecule has 1 amide bonds. The van der Waals surface area contributed by atoms with Gasteiger partial charge in [-0.2, -0.15) is 0 Å². The molecule has 7 heteroatoms. The van der Waals surface area contributed by atoms with Crippen LogP contribution in [0.15, 0.2) is 12.1 Å². The molecule has 20 heavy (non-hydrogen) atoms. The summed E-state index contributed by atoms with van der Waals surface area (Å²) in [6.07, 6.45) is 0.860. The average Bonchev–Trinajstić information content (AvgIpc) is 2.40. The Labute approximate surface area is 129 Å². The van der Waals surface area contributed by atoms with Crippen molar-refractivity contribution in [3.05, 3.63) is 28.0 Å². The zero-order chi connectivity index (χ0) is 15.0. The van der Waals surface area contributed by atoms with Gasteiger partial charge in [0.15, 0.2) is 0 Å². The van der Waals surface area contributed by atoms with Gasteiger partial charge in [0.1, 0.15) is 10.3 Å². The number of amides is 1. The first-order valence-electron chi connectivity index (χ1n) is 6.31. The van der Waals surface area contributed by atoms with E-state index in [1.54, 1.807) is 7.11 Å². The van der Waals surface area contributed by atoms with Crippen LogP contribution in [0.2, 0.25) is 10.3 Å². The van der Waals surface area contributed by atoms with Crippen molar-refractivity contribution >= 4 is 29.1 Å². The van der Waals surface area contributed by atoms with E-state index in [2.05, 4.69) is 15.2 Å². The number of ether oxygens (including phenoxy) is 1. The second kappa shape index (κ2) is 9.13. The smallest absolute Gasteiger partial charge is 0.251 e. The Morgan fingerprint density at radius 2 is 2.00 bits per heavy atom. The topological polar surface area (TPSA) is 54.5 Å². The van der Waals surface area contributed by atoms with Gasteiger partial charge >= 0.3 is 0 Å². The lowest BCUT2D eigenvalue weighted by atomic mass is 10.2. The molecule has 0 saturated carbocycles. The van der Waals surface area contributed by atoms with Crippen LogP contribution in [-0.2, 0) is 4.74 Å². The number of hydrogen-bond acceptors (Lipinski definition) is 4. The number of nitrogens with one attached hydrogen (secondary N) is 1. The summed E-state index contributed by atoms with van der Waals surface area (Å²) in [6.45, 7) is 3.06. The first kappa shape index (κ1) is 17.2. The van der Waals surface area contributed by atoms with Gasteiger partial charge in [0.25, 0.3) is 5.91 Å². The number of nitrogens with zero attached hydrogens (tertiary/aromatic N) is 2. The fraction of sp³-hybridized carbons (Fsp3) is 0.538. The maximum Gasteiger partial charge on any atom is 0.251 e. The van der Waals surface area contributed by atoms with E-state index in [0.29, 0.717) is 18.7 Å². The normalized spacial score (nSPS) is 10.8. The van der Waals surface area contributed by atoms with Crippen molar-refractivity contribution in [1.82, 2.24) is 15.2 Å². The van der Waals surface area contributed by atoms with Crippen LogP contribution in [0.1, 0.15) is 16.8 Å². The summed E-state index contributed by atoms with van der Waals surface area (Å²) in [6, 6.07) is 2.99. The Kier molecular flexibility index (Phi) is 7.84. The largest absolute Gasteiger partial charge is 0.383 e. The van der Waals surface area contributed by atoms with Crippen LogP contribution in [0.25, 0.3) is 0 Å². The molecule has 0 aromatic carbocycles. The zero-order valence-electron chi connectivity index (χ0n) is 11.7. The van der Waals surface area contributed by atoms with E-state index in [9.17, 15) is 4.79 Å². The van der Waals surface area contributed by atoms with Crippen LogP contribution < -0.4 is 5.32 Å². The van der Waals surface area contributed by atoms with Crippen LogP contribution in [0.3, 0.4) is 0 Å². The highest BCUT2D eigenvalue weighted by atomic mass is 35.5. The number of carbonyl (C=O) groups is 1. The Hall–Kier alpha value is -0.880. The van der Waals surface area contributed by atoms with Gasteiger partial charge in [-0.25, -0.2) is 4.98 Å². The van der Waals surface area contributed by atoms with Gasteiger partial charge < -0.3 is 15.0 Å². The molecule has 1 aromatic rings. The van der Waals surface area contributed by atoms with Crippen LogP contribution in [0.5, 0.6) is 0 Å². The molecule has 1 aromatic heterocycles. The number of likely N-dealkylation sites (N-methyl/N-ethyl adjacent to an activating group) is 1. The Morgan fingerprint density at radius 3 is 2.60 bits per heavy atom. The molecule has 0 fully saturated rings. The molecule has 0 spiro atoms. The molecule has 0 aliphatic heterocycles. The van der Waals surface area contributed by atoms with Crippen LogP contribution >= 0.6 is 23.2 Å². The third-order valence-electron chi connectivity index (χ3n) is 2.70. The van der Waals surface area contributed by atoms with Crippen molar-refractivity contribution in [1.29, 1.82) is 0 Å². The molecule has 0 bridgehead atoms. The Morgan fingerprint density at radius 1 is 1.35 bits per heavy atom. The number of carbonyl (C=O) groups excluding carboxylic acids is 1. The fourth-order valence-corrected chi connectivity index (χ4v) is 2.07. The summed E-state index contributed by atoms with van der Waals surface area (Å²) in [7, 11) is 3.70. The van der Waals surface area contributed by atoms with Crippen molar-refractivity contribution in [3.8, 4) is 0 Å². The standard InChI is InChI=1S/C13H19Cl2N3O2/c1-18(6-7-20-2)5-3-4-16-13(19)10-8-11(14)17-12(15)9-10/h8-9H,3-7H2,1-2H3,(H,16,19). The molecule has 0 aliphatic carbocycles. The van der Waals surface area contributed by atoms with Crippen LogP contribution in [0, 0.1) is 0 Å². The molecule has 112 valence electrons. The third-order valence-corrected chi connectivity index (χ3v) is 3.09. The minimum Gasteiger partial charge on any atom is -0.383 e. The molecule has 5 nitrogen and oxygen atoms in total. The Bertz CT molecular complexity index is 423. The lowest BCUT2D eigenvalue weighted by molar-refractivity contribution is 0.0951. The quantitative estimate of drug-likeness (QED) is 0.589. The maximum atomic E-state index is 11.9. The second-order valence-electron chi connectivity index (χ2n) is 4.41. The summed E-state index contributed by atoms with van der Waals surface area (Å²) in [4.78, 5) is 17.8. The molecule has 0 aliphatic rings. The lowest BCUT2D eigenvalue weighted by Crippen LogP contribution is -2.29. The summed E-state index contributed by atoms with van der Waals surface area (Å²) in [5, 5.41) is 3.24. The highest BCUT2D eigenvalue weighted by Gasteiger charge is 2.08. The molecule has 1 rings (SSSR count). The number of hydrogen-bond donors (Lipinski definition) is 1. The second-order valence-corrected chi connectivity index (χ2v) is 5.18. The third kappa shape index (κ3) is 6.52. The van der Waals surface area contributed by atoms with E-state index < -0.39 is 0 Å². The lowest BCUT2D eigenvalue weighted by Gasteiger charge is -2.15. The van der Waals surface area contributed by atoms with Crippen molar-refractivity contribution in [2.75, 3.05) is 40.4 Å². The van der Waals surface area contributed by atoms with E-state index in [0.717, 1.165) is 19.5 Å². The van der Waals surface area contributed by atoms with Crippen LogP contribution in [0.4, 0.5) is 0 Å². The number of rotatable bonds is 8. The minimum atomic E-state index is -0.198. The van der Waals surface area contributed by atoms with Crippen molar-refractivity contribution < 1.29 is 9.53 Å². The van der Waals surface area contributed by atoms with E-state index in [1.807, 2.05) is 7.05 Å². The molecule has 0 atom stereocenters. The molecule has 0 unspecified atom stereocenters. The highest BCUT2D eigenvalue weighted by Crippen LogP contribution is 2.14. The fourth-order valence-electron chi connectivity index (χ4n) is 1.61. The van der Waals surface area contributed by atoms with Gasteiger partial charge in [-0.15, -0.1) is 0 Å². The van der Waals surface area contributed by atoms with E-state index in [1.165, 1.54) is 12.1 Å². The van der Waals surface area contributed by atoms with E-state index in [-0.39, 0.29) is 16.2 Å². The first-order valence-corrected chi connectivity index (χ1v) is 7.07. The van der Waals surface area contributed by atoms with E-state index in [4.69, 9.17) is 27.9 Å². The number of halogens is 2. The number of methoxy groups -OCH3 is 1. The molecular weight excluding hydrogens is 301 g/mol. The van der Waals surface area contributed by atoms with Crippen molar-refractivity contribution in [3.63, 3.8) is 0 Å². The van der Waals surface area contributed by atoms with Gasteiger partial charge in [0.05, 0.1) is 6.61 Å². The first-order chi connectivity index (χ1) is 9.52. The molecule has 0 saturated heterocycles. The summed E-state index contributed by atoms with van der Waals surface area (Å²) in [5.74, 6) is -0.198.